The van der Waals surface area contributed by atoms with Crippen molar-refractivity contribution in [3.05, 3.63) is 23.8 Å². The Kier molecular flexibility index (Phi) is 3.34. The molecule has 0 aromatic heterocycles. The lowest BCUT2D eigenvalue weighted by Crippen LogP contribution is -2.30. The summed E-state index contributed by atoms with van der Waals surface area (Å²) in [5, 5.41) is 3.47. The molecule has 0 saturated carbocycles. The predicted molar refractivity (Wildman–Crippen MR) is 64.1 cm³/mol. The minimum absolute atomic E-state index is 0.238. The summed E-state index contributed by atoms with van der Waals surface area (Å²) in [4.78, 5) is 0. The summed E-state index contributed by atoms with van der Waals surface area (Å²) >= 11 is 0. The number of fused-ring (bicyclic) bond motifs is 1. The third-order valence-corrected chi connectivity index (χ3v) is 3.03. The highest BCUT2D eigenvalue weighted by atomic mass is 16.5. The van der Waals surface area contributed by atoms with E-state index in [2.05, 4.69) is 25.2 Å². The van der Waals surface area contributed by atoms with E-state index >= 15 is 0 Å². The van der Waals surface area contributed by atoms with Crippen LogP contribution in [0.1, 0.15) is 31.9 Å². The van der Waals surface area contributed by atoms with Crippen LogP contribution in [-0.4, -0.2) is 19.8 Å². The van der Waals surface area contributed by atoms with E-state index in [0.29, 0.717) is 6.04 Å². The third kappa shape index (κ3) is 1.87. The summed E-state index contributed by atoms with van der Waals surface area (Å²) in [5.41, 5.74) is 1.22. The second kappa shape index (κ2) is 4.74. The Morgan fingerprint density at radius 1 is 1.38 bits per heavy atom. The smallest absolute Gasteiger partial charge is 0.125 e. The average molecular weight is 221 g/mol. The average Bonchev–Trinajstić information content (AvgIpc) is 2.67. The van der Waals surface area contributed by atoms with E-state index in [9.17, 15) is 0 Å². The molecule has 1 aliphatic rings. The van der Waals surface area contributed by atoms with Crippen LogP contribution >= 0.6 is 0 Å². The first-order valence-electron chi connectivity index (χ1n) is 5.88. The lowest BCUT2D eigenvalue weighted by atomic mass is 10.0. The molecule has 0 bridgehead atoms. The molecule has 1 heterocycles. The van der Waals surface area contributed by atoms with Gasteiger partial charge in [0.2, 0.25) is 0 Å². The lowest BCUT2D eigenvalue weighted by molar-refractivity contribution is 0.186. The van der Waals surface area contributed by atoms with Gasteiger partial charge < -0.3 is 14.8 Å². The first-order chi connectivity index (χ1) is 7.80. The Morgan fingerprint density at radius 3 is 2.81 bits per heavy atom. The predicted octanol–water partition coefficient (Wildman–Crippen LogP) is 2.52. The van der Waals surface area contributed by atoms with Crippen molar-refractivity contribution in [2.75, 3.05) is 13.7 Å². The summed E-state index contributed by atoms with van der Waals surface area (Å²) < 4.78 is 11.2. The van der Waals surface area contributed by atoms with Crippen molar-refractivity contribution in [3.8, 4) is 11.5 Å². The Morgan fingerprint density at radius 2 is 2.19 bits per heavy atom. The van der Waals surface area contributed by atoms with Crippen LogP contribution in [-0.2, 0) is 0 Å². The molecule has 2 atom stereocenters. The summed E-state index contributed by atoms with van der Waals surface area (Å²) in [6, 6.07) is 6.30. The van der Waals surface area contributed by atoms with Gasteiger partial charge in [0.25, 0.3) is 0 Å². The number of nitrogens with one attached hydrogen (secondary N) is 1. The van der Waals surface area contributed by atoms with E-state index in [1.54, 1.807) is 7.11 Å². The minimum Gasteiger partial charge on any atom is -0.497 e. The van der Waals surface area contributed by atoms with Crippen molar-refractivity contribution < 1.29 is 9.47 Å². The van der Waals surface area contributed by atoms with Gasteiger partial charge in [-0.1, -0.05) is 13.8 Å². The molecule has 16 heavy (non-hydrogen) atoms. The minimum atomic E-state index is 0.238. The SMILES string of the molecule is CCNC1c2cc(OC)ccc2OC1CC. The van der Waals surface area contributed by atoms with Crippen molar-refractivity contribution in [3.63, 3.8) is 0 Å². The molecule has 2 rings (SSSR count). The number of rotatable bonds is 4. The molecule has 1 aliphatic heterocycles. The van der Waals surface area contributed by atoms with Crippen LogP contribution < -0.4 is 14.8 Å². The number of ether oxygens (including phenoxy) is 2. The highest BCUT2D eigenvalue weighted by Crippen LogP contribution is 2.39. The standard InChI is InChI=1S/C13H19NO2/c1-4-11-13(14-5-2)10-8-9(15-3)6-7-12(10)16-11/h6-8,11,13-14H,4-5H2,1-3H3. The zero-order valence-corrected chi connectivity index (χ0v) is 10.1. The fraction of sp³-hybridized carbons (Fsp3) is 0.538. The maximum Gasteiger partial charge on any atom is 0.125 e. The van der Waals surface area contributed by atoms with Crippen molar-refractivity contribution in [2.45, 2.75) is 32.4 Å². The first-order valence-corrected chi connectivity index (χ1v) is 5.88. The molecule has 3 heteroatoms. The molecule has 0 amide bonds. The van der Waals surface area contributed by atoms with Crippen LogP contribution in [0.5, 0.6) is 11.5 Å². The molecule has 2 unspecified atom stereocenters. The molecular weight excluding hydrogens is 202 g/mol. The lowest BCUT2D eigenvalue weighted by Gasteiger charge is -2.18. The van der Waals surface area contributed by atoms with Gasteiger partial charge in [-0.15, -0.1) is 0 Å². The number of hydrogen-bond acceptors (Lipinski definition) is 3. The molecule has 1 N–H and O–H groups in total. The second-order valence-electron chi connectivity index (χ2n) is 4.00. The molecule has 0 aliphatic carbocycles. The number of hydrogen-bond donors (Lipinski definition) is 1. The van der Waals surface area contributed by atoms with Crippen LogP contribution in [0.2, 0.25) is 0 Å². The van der Waals surface area contributed by atoms with Crippen molar-refractivity contribution in [2.24, 2.45) is 0 Å². The summed E-state index contributed by atoms with van der Waals surface area (Å²) in [5.74, 6) is 1.88. The Bertz CT molecular complexity index is 365. The molecule has 1 aromatic rings. The molecule has 3 nitrogen and oxygen atoms in total. The van der Waals surface area contributed by atoms with E-state index in [4.69, 9.17) is 9.47 Å². The van der Waals surface area contributed by atoms with Gasteiger partial charge in [0, 0.05) is 5.56 Å². The second-order valence-corrected chi connectivity index (χ2v) is 4.00. The highest BCUT2D eigenvalue weighted by molar-refractivity contribution is 5.45. The van der Waals surface area contributed by atoms with E-state index in [1.807, 2.05) is 12.1 Å². The molecule has 1 aromatic carbocycles. The first kappa shape index (κ1) is 11.3. The van der Waals surface area contributed by atoms with E-state index < -0.39 is 0 Å². The Labute approximate surface area is 96.8 Å². The molecule has 0 spiro atoms. The summed E-state index contributed by atoms with van der Waals surface area (Å²) in [7, 11) is 1.69. The number of likely N-dealkylation sites (N-methyl/N-ethyl adjacent to an activating group) is 1. The fourth-order valence-corrected chi connectivity index (χ4v) is 2.22. The largest absolute Gasteiger partial charge is 0.497 e. The monoisotopic (exact) mass is 221 g/mol. The Hall–Kier alpha value is -1.22. The van der Waals surface area contributed by atoms with Crippen molar-refractivity contribution in [1.82, 2.24) is 5.32 Å². The molecular formula is C13H19NO2. The summed E-state index contributed by atoms with van der Waals surface area (Å²) in [6.45, 7) is 5.21. The van der Waals surface area contributed by atoms with Gasteiger partial charge >= 0.3 is 0 Å². The van der Waals surface area contributed by atoms with Crippen LogP contribution in [0, 0.1) is 0 Å². The van der Waals surface area contributed by atoms with Gasteiger partial charge in [0.1, 0.15) is 17.6 Å². The topological polar surface area (TPSA) is 30.5 Å². The summed E-state index contributed by atoms with van der Waals surface area (Å²) in [6.07, 6.45) is 1.25. The third-order valence-electron chi connectivity index (χ3n) is 3.03. The maximum atomic E-state index is 5.90. The molecule has 0 radical (unpaired) electrons. The van der Waals surface area contributed by atoms with Crippen molar-refractivity contribution >= 4 is 0 Å². The van der Waals surface area contributed by atoms with Crippen LogP contribution in [0.3, 0.4) is 0 Å². The molecule has 0 saturated heterocycles. The molecule has 88 valence electrons. The van der Waals surface area contributed by atoms with E-state index in [0.717, 1.165) is 24.5 Å². The van der Waals surface area contributed by atoms with Gasteiger partial charge in [-0.05, 0) is 31.2 Å². The number of benzene rings is 1. The molecule has 0 fully saturated rings. The van der Waals surface area contributed by atoms with Gasteiger partial charge in [-0.25, -0.2) is 0 Å². The van der Waals surface area contributed by atoms with Gasteiger partial charge in [0.05, 0.1) is 13.2 Å². The van der Waals surface area contributed by atoms with Crippen LogP contribution in [0.15, 0.2) is 18.2 Å². The normalized spacial score (nSPS) is 22.7. The highest BCUT2D eigenvalue weighted by Gasteiger charge is 2.32. The number of methoxy groups -OCH3 is 1. The van der Waals surface area contributed by atoms with Crippen molar-refractivity contribution in [1.29, 1.82) is 0 Å². The zero-order chi connectivity index (χ0) is 11.5. The quantitative estimate of drug-likeness (QED) is 0.847. The van der Waals surface area contributed by atoms with Gasteiger partial charge in [0.15, 0.2) is 0 Å². The fourth-order valence-electron chi connectivity index (χ4n) is 2.22. The van der Waals surface area contributed by atoms with Crippen LogP contribution in [0.25, 0.3) is 0 Å². The van der Waals surface area contributed by atoms with Gasteiger partial charge in [-0.2, -0.15) is 0 Å². The van der Waals surface area contributed by atoms with E-state index in [1.165, 1.54) is 5.56 Å². The maximum absolute atomic E-state index is 5.90. The van der Waals surface area contributed by atoms with E-state index in [-0.39, 0.29) is 6.10 Å². The van der Waals surface area contributed by atoms with Gasteiger partial charge in [-0.3, -0.25) is 0 Å². The zero-order valence-electron chi connectivity index (χ0n) is 10.1. The van der Waals surface area contributed by atoms with Crippen LogP contribution in [0.4, 0.5) is 0 Å². The Balaban J connectivity index is 2.31.